The Morgan fingerprint density at radius 2 is 1.50 bits per heavy atom. The molecule has 2 aromatic carbocycles. The van der Waals surface area contributed by atoms with Crippen LogP contribution in [0.2, 0.25) is 0 Å². The number of aromatic hydroxyl groups is 1. The van der Waals surface area contributed by atoms with Crippen molar-refractivity contribution in [2.45, 2.75) is 4.90 Å². The third-order valence-electron chi connectivity index (χ3n) is 2.43. The van der Waals surface area contributed by atoms with E-state index in [1.165, 1.54) is 48.5 Å². The standard InChI is InChI=1S/C13H10O6S/c14-10-3-7-12(8-4-10)20(17,18)19-11-5-1-9(2-6-11)13(15)16/h1-8,14H,(H,15,16). The highest BCUT2D eigenvalue weighted by molar-refractivity contribution is 7.87. The molecule has 104 valence electrons. The quantitative estimate of drug-likeness (QED) is 0.835. The second-order valence-electron chi connectivity index (χ2n) is 3.86. The highest BCUT2D eigenvalue weighted by Crippen LogP contribution is 2.20. The fraction of sp³-hybridized carbons (Fsp3) is 0. The maximum atomic E-state index is 11.9. The molecule has 0 aliphatic heterocycles. The van der Waals surface area contributed by atoms with Crippen LogP contribution in [0.1, 0.15) is 10.4 Å². The van der Waals surface area contributed by atoms with Crippen LogP contribution in [0.25, 0.3) is 0 Å². The van der Waals surface area contributed by atoms with Crippen LogP contribution in [-0.2, 0) is 10.1 Å². The van der Waals surface area contributed by atoms with Crippen LogP contribution in [-0.4, -0.2) is 24.6 Å². The van der Waals surface area contributed by atoms with Crippen molar-refractivity contribution in [2.24, 2.45) is 0 Å². The molecule has 0 atom stereocenters. The maximum Gasteiger partial charge on any atom is 0.339 e. The van der Waals surface area contributed by atoms with E-state index >= 15 is 0 Å². The van der Waals surface area contributed by atoms with E-state index in [0.29, 0.717) is 0 Å². The highest BCUT2D eigenvalue weighted by Gasteiger charge is 2.16. The van der Waals surface area contributed by atoms with E-state index in [1.807, 2.05) is 0 Å². The van der Waals surface area contributed by atoms with Crippen LogP contribution in [0, 0.1) is 0 Å². The minimum atomic E-state index is -4.02. The van der Waals surface area contributed by atoms with Crippen LogP contribution < -0.4 is 4.18 Å². The molecule has 2 aromatic rings. The average molecular weight is 294 g/mol. The smallest absolute Gasteiger partial charge is 0.339 e. The molecule has 0 spiro atoms. The Bertz CT molecular complexity index is 716. The number of aromatic carboxylic acids is 1. The maximum absolute atomic E-state index is 11.9. The fourth-order valence-corrected chi connectivity index (χ4v) is 2.37. The molecular formula is C13H10O6S. The number of phenols is 1. The molecular weight excluding hydrogens is 284 g/mol. The number of carboxylic acids is 1. The first-order chi connectivity index (χ1) is 9.38. The van der Waals surface area contributed by atoms with E-state index in [-0.39, 0.29) is 22.0 Å². The molecule has 0 fully saturated rings. The lowest BCUT2D eigenvalue weighted by atomic mass is 10.2. The number of phenolic OH excluding ortho intramolecular Hbond substituents is 1. The first kappa shape index (κ1) is 13.9. The molecule has 0 heterocycles. The van der Waals surface area contributed by atoms with Crippen LogP contribution in [0.4, 0.5) is 0 Å². The van der Waals surface area contributed by atoms with Crippen LogP contribution in [0.5, 0.6) is 11.5 Å². The molecule has 2 N–H and O–H groups in total. The fourth-order valence-electron chi connectivity index (χ4n) is 1.44. The largest absolute Gasteiger partial charge is 0.508 e. The number of carbonyl (C=O) groups is 1. The first-order valence-electron chi connectivity index (χ1n) is 5.45. The lowest BCUT2D eigenvalue weighted by Crippen LogP contribution is -2.09. The SMILES string of the molecule is O=C(O)c1ccc(OS(=O)(=O)c2ccc(O)cc2)cc1. The molecule has 0 aliphatic carbocycles. The molecule has 2 rings (SSSR count). The molecule has 0 amide bonds. The summed E-state index contributed by atoms with van der Waals surface area (Å²) in [6.07, 6.45) is 0. The zero-order chi connectivity index (χ0) is 14.8. The first-order valence-corrected chi connectivity index (χ1v) is 6.86. The Balaban J connectivity index is 2.24. The van der Waals surface area contributed by atoms with Gasteiger partial charge in [-0.05, 0) is 48.5 Å². The Kier molecular flexibility index (Phi) is 3.62. The Labute approximate surface area is 115 Å². The van der Waals surface area contributed by atoms with Gasteiger partial charge in [-0.15, -0.1) is 0 Å². The van der Waals surface area contributed by atoms with Gasteiger partial charge < -0.3 is 14.4 Å². The van der Waals surface area contributed by atoms with E-state index in [2.05, 4.69) is 0 Å². The van der Waals surface area contributed by atoms with Gasteiger partial charge in [-0.1, -0.05) is 0 Å². The van der Waals surface area contributed by atoms with Gasteiger partial charge in [-0.2, -0.15) is 8.42 Å². The molecule has 0 aliphatic rings. The van der Waals surface area contributed by atoms with Gasteiger partial charge in [-0.25, -0.2) is 4.79 Å². The van der Waals surface area contributed by atoms with Crippen molar-refractivity contribution in [1.82, 2.24) is 0 Å². The van der Waals surface area contributed by atoms with Crippen molar-refractivity contribution in [3.63, 3.8) is 0 Å². The molecule has 0 aromatic heterocycles. The lowest BCUT2D eigenvalue weighted by molar-refractivity contribution is 0.0697. The highest BCUT2D eigenvalue weighted by atomic mass is 32.2. The van der Waals surface area contributed by atoms with Crippen molar-refractivity contribution in [3.8, 4) is 11.5 Å². The second kappa shape index (κ2) is 5.22. The van der Waals surface area contributed by atoms with Gasteiger partial charge in [0, 0.05) is 0 Å². The average Bonchev–Trinajstić information content (AvgIpc) is 2.39. The van der Waals surface area contributed by atoms with E-state index in [4.69, 9.17) is 14.4 Å². The van der Waals surface area contributed by atoms with E-state index in [9.17, 15) is 13.2 Å². The van der Waals surface area contributed by atoms with Gasteiger partial charge in [0.2, 0.25) is 0 Å². The van der Waals surface area contributed by atoms with Crippen molar-refractivity contribution in [1.29, 1.82) is 0 Å². The summed E-state index contributed by atoms with van der Waals surface area (Å²) < 4.78 is 28.7. The number of benzene rings is 2. The summed E-state index contributed by atoms with van der Waals surface area (Å²) in [5.74, 6) is -1.17. The van der Waals surface area contributed by atoms with Gasteiger partial charge in [0.15, 0.2) is 0 Å². The predicted molar refractivity (Wildman–Crippen MR) is 69.3 cm³/mol. The molecule has 0 radical (unpaired) electrons. The minimum Gasteiger partial charge on any atom is -0.508 e. The van der Waals surface area contributed by atoms with Gasteiger partial charge in [0.1, 0.15) is 16.4 Å². The third-order valence-corrected chi connectivity index (χ3v) is 3.69. The molecule has 0 unspecified atom stereocenters. The van der Waals surface area contributed by atoms with E-state index < -0.39 is 16.1 Å². The summed E-state index contributed by atoms with van der Waals surface area (Å²) in [6, 6.07) is 9.84. The summed E-state index contributed by atoms with van der Waals surface area (Å²) in [6.45, 7) is 0. The normalized spacial score (nSPS) is 11.0. The zero-order valence-electron chi connectivity index (χ0n) is 10.1. The van der Waals surface area contributed by atoms with Gasteiger partial charge in [0.25, 0.3) is 0 Å². The molecule has 0 bridgehead atoms. The van der Waals surface area contributed by atoms with Crippen molar-refractivity contribution < 1.29 is 27.6 Å². The van der Waals surface area contributed by atoms with E-state index in [1.54, 1.807) is 0 Å². The van der Waals surface area contributed by atoms with Crippen LogP contribution >= 0.6 is 0 Å². The number of hydrogen-bond acceptors (Lipinski definition) is 5. The monoisotopic (exact) mass is 294 g/mol. The van der Waals surface area contributed by atoms with Gasteiger partial charge >= 0.3 is 16.1 Å². The number of carboxylic acid groups (broad SMARTS) is 1. The van der Waals surface area contributed by atoms with Crippen molar-refractivity contribution >= 4 is 16.1 Å². The molecule has 7 heteroatoms. The summed E-state index contributed by atoms with van der Waals surface area (Å²) in [4.78, 5) is 10.6. The molecule has 20 heavy (non-hydrogen) atoms. The van der Waals surface area contributed by atoms with Gasteiger partial charge in [0.05, 0.1) is 5.56 Å². The van der Waals surface area contributed by atoms with Crippen LogP contribution in [0.15, 0.2) is 53.4 Å². The van der Waals surface area contributed by atoms with Gasteiger partial charge in [-0.3, -0.25) is 0 Å². The summed E-state index contributed by atoms with van der Waals surface area (Å²) in [5, 5.41) is 17.8. The summed E-state index contributed by atoms with van der Waals surface area (Å²) >= 11 is 0. The summed E-state index contributed by atoms with van der Waals surface area (Å²) in [7, 11) is -4.02. The minimum absolute atomic E-state index is 0.00285. The molecule has 0 saturated carbocycles. The Morgan fingerprint density at radius 1 is 0.950 bits per heavy atom. The molecule has 0 saturated heterocycles. The molecule has 6 nitrogen and oxygen atoms in total. The third kappa shape index (κ3) is 3.07. The second-order valence-corrected chi connectivity index (χ2v) is 5.41. The predicted octanol–water partition coefficient (Wildman–Crippen LogP) is 1.86. The number of hydrogen-bond donors (Lipinski definition) is 2. The van der Waals surface area contributed by atoms with Crippen molar-refractivity contribution in [3.05, 3.63) is 54.1 Å². The lowest BCUT2D eigenvalue weighted by Gasteiger charge is -2.07. The topological polar surface area (TPSA) is 101 Å². The Hall–Kier alpha value is -2.54. The zero-order valence-corrected chi connectivity index (χ0v) is 10.9. The van der Waals surface area contributed by atoms with Crippen LogP contribution in [0.3, 0.4) is 0 Å². The number of rotatable bonds is 4. The summed E-state index contributed by atoms with van der Waals surface area (Å²) in [5.41, 5.74) is 0.0272. The Morgan fingerprint density at radius 3 is 2.00 bits per heavy atom. The van der Waals surface area contributed by atoms with E-state index in [0.717, 1.165) is 0 Å². The van der Waals surface area contributed by atoms with Crippen molar-refractivity contribution in [2.75, 3.05) is 0 Å².